The van der Waals surface area contributed by atoms with Crippen molar-refractivity contribution in [1.82, 2.24) is 10.2 Å². The highest BCUT2D eigenvalue weighted by molar-refractivity contribution is 6.09. The van der Waals surface area contributed by atoms with Crippen molar-refractivity contribution in [3.05, 3.63) is 58.9 Å². The van der Waals surface area contributed by atoms with Crippen molar-refractivity contribution in [2.75, 3.05) is 11.4 Å². The molecule has 0 radical (unpaired) electrons. The summed E-state index contributed by atoms with van der Waals surface area (Å²) >= 11 is 0. The van der Waals surface area contributed by atoms with Crippen LogP contribution < -0.4 is 4.90 Å². The van der Waals surface area contributed by atoms with Gasteiger partial charge in [-0.25, -0.2) is 0 Å². The molecule has 4 heteroatoms. The molecule has 1 amide bonds. The first-order chi connectivity index (χ1) is 15.6. The maximum Gasteiger partial charge on any atom is 0.238 e. The normalized spacial score (nSPS) is 21.8. The topological polar surface area (TPSA) is 49.0 Å². The number of nitrogens with zero attached hydrogens (tertiary/aromatic N) is 2. The number of rotatable bonds is 5. The van der Waals surface area contributed by atoms with E-state index in [1.807, 2.05) is 11.0 Å². The molecule has 2 saturated carbocycles. The lowest BCUT2D eigenvalue weighted by molar-refractivity contribution is -0.122. The lowest BCUT2D eigenvalue weighted by atomic mass is 9.78. The first-order valence-electron chi connectivity index (χ1n) is 12.5. The van der Waals surface area contributed by atoms with Crippen LogP contribution in [0.15, 0.2) is 31.0 Å². The highest BCUT2D eigenvalue weighted by Gasteiger charge is 2.52. The zero-order chi connectivity index (χ0) is 21.9. The number of anilines is 1. The van der Waals surface area contributed by atoms with Crippen molar-refractivity contribution >= 4 is 22.7 Å². The van der Waals surface area contributed by atoms with Gasteiger partial charge in [0, 0.05) is 18.4 Å². The van der Waals surface area contributed by atoms with Gasteiger partial charge in [-0.2, -0.15) is 5.10 Å². The van der Waals surface area contributed by atoms with E-state index in [4.69, 9.17) is 5.10 Å². The lowest BCUT2D eigenvalue weighted by Crippen LogP contribution is -2.38. The van der Waals surface area contributed by atoms with Crippen molar-refractivity contribution in [3.8, 4) is 0 Å². The van der Waals surface area contributed by atoms with Crippen LogP contribution in [-0.4, -0.2) is 22.6 Å². The molecule has 0 saturated heterocycles. The smallest absolute Gasteiger partial charge is 0.238 e. The maximum absolute atomic E-state index is 13.6. The minimum absolute atomic E-state index is 0.295. The van der Waals surface area contributed by atoms with Crippen LogP contribution in [0.2, 0.25) is 0 Å². The van der Waals surface area contributed by atoms with Gasteiger partial charge in [0.1, 0.15) is 0 Å². The third-order valence-electron chi connectivity index (χ3n) is 8.33. The van der Waals surface area contributed by atoms with Crippen molar-refractivity contribution in [2.24, 2.45) is 5.92 Å². The molecule has 2 fully saturated rings. The number of amides is 1. The molecule has 32 heavy (non-hydrogen) atoms. The van der Waals surface area contributed by atoms with Gasteiger partial charge in [-0.3, -0.25) is 9.89 Å². The summed E-state index contributed by atoms with van der Waals surface area (Å²) in [4.78, 5) is 15.6. The summed E-state index contributed by atoms with van der Waals surface area (Å²) in [5.74, 6) is 1.10. The molecule has 4 nitrogen and oxygen atoms in total. The van der Waals surface area contributed by atoms with E-state index in [1.165, 1.54) is 51.9 Å². The number of nitrogens with one attached hydrogen (secondary N) is 1. The number of aromatic nitrogens is 2. The fraction of sp³-hybridized carbons (Fsp3) is 0.500. The maximum atomic E-state index is 13.6. The van der Waals surface area contributed by atoms with Gasteiger partial charge in [0.05, 0.1) is 11.1 Å². The monoisotopic (exact) mass is 427 g/mol. The minimum atomic E-state index is -0.300. The summed E-state index contributed by atoms with van der Waals surface area (Å²) in [6, 6.07) is 4.70. The molecule has 4 aliphatic rings. The molecule has 1 aromatic heterocycles. The summed E-state index contributed by atoms with van der Waals surface area (Å²) < 4.78 is 0. The number of fused-ring (bicyclic) bond motifs is 3. The van der Waals surface area contributed by atoms with E-state index in [1.54, 1.807) is 0 Å². The van der Waals surface area contributed by atoms with Gasteiger partial charge in [-0.1, -0.05) is 25.0 Å². The van der Waals surface area contributed by atoms with Crippen LogP contribution in [0.3, 0.4) is 0 Å². The predicted octanol–water partition coefficient (Wildman–Crippen LogP) is 6.11. The molecule has 1 aliphatic heterocycles. The van der Waals surface area contributed by atoms with E-state index >= 15 is 0 Å². The Morgan fingerprint density at radius 2 is 2.03 bits per heavy atom. The molecule has 6 rings (SSSR count). The number of carbonyl (C=O) groups excluding carboxylic acids is 1. The summed E-state index contributed by atoms with van der Waals surface area (Å²) in [5.41, 5.74) is 10.2. The van der Waals surface area contributed by atoms with Gasteiger partial charge in [0.25, 0.3) is 0 Å². The van der Waals surface area contributed by atoms with E-state index in [0.717, 1.165) is 63.0 Å². The van der Waals surface area contributed by atoms with Crippen LogP contribution in [-0.2, 0) is 16.6 Å². The Hall–Kier alpha value is -2.62. The Kier molecular flexibility index (Phi) is 4.67. The van der Waals surface area contributed by atoms with E-state index in [9.17, 15) is 4.79 Å². The quantitative estimate of drug-likeness (QED) is 0.585. The second kappa shape index (κ2) is 7.47. The van der Waals surface area contributed by atoms with E-state index < -0.39 is 0 Å². The second-order valence-corrected chi connectivity index (χ2v) is 10.4. The molecule has 0 bridgehead atoms. The third-order valence-corrected chi connectivity index (χ3v) is 8.33. The van der Waals surface area contributed by atoms with Crippen LogP contribution in [0.25, 0.3) is 11.1 Å². The Bertz CT molecular complexity index is 1130. The van der Waals surface area contributed by atoms with Crippen molar-refractivity contribution < 1.29 is 4.79 Å². The number of carbonyl (C=O) groups is 1. The Morgan fingerprint density at radius 1 is 1.22 bits per heavy atom. The van der Waals surface area contributed by atoms with E-state index in [0.29, 0.717) is 12.5 Å². The average Bonchev–Trinajstić information content (AvgIpc) is 3.25. The van der Waals surface area contributed by atoms with Gasteiger partial charge < -0.3 is 4.90 Å². The third kappa shape index (κ3) is 2.95. The molecule has 0 unspecified atom stereocenters. The lowest BCUT2D eigenvalue weighted by Gasteiger charge is -2.23. The van der Waals surface area contributed by atoms with Crippen LogP contribution in [0.1, 0.15) is 85.7 Å². The van der Waals surface area contributed by atoms with Crippen LogP contribution in [0, 0.1) is 12.8 Å². The number of hydrogen-bond acceptors (Lipinski definition) is 2. The van der Waals surface area contributed by atoms with Crippen LogP contribution in [0.5, 0.6) is 0 Å². The molecule has 0 atom stereocenters. The number of hydrogen-bond donors (Lipinski definition) is 1. The SMILES string of the molecule is C=CCN1C(=O)C2(CCCC2)c2cc(C)c(C3=C(CC4CC4)c4n[nH]cc4CCC3)cc21. The minimum Gasteiger partial charge on any atom is -0.308 e. The highest BCUT2D eigenvalue weighted by atomic mass is 16.2. The Balaban J connectivity index is 1.54. The first-order valence-corrected chi connectivity index (χ1v) is 12.5. The van der Waals surface area contributed by atoms with Crippen LogP contribution in [0.4, 0.5) is 5.69 Å². The first kappa shape index (κ1) is 20.0. The molecule has 2 heterocycles. The molecule has 2 aromatic rings. The molecule has 3 aliphatic carbocycles. The largest absolute Gasteiger partial charge is 0.308 e. The highest BCUT2D eigenvalue weighted by Crippen LogP contribution is 2.53. The van der Waals surface area contributed by atoms with Crippen molar-refractivity contribution in [1.29, 1.82) is 0 Å². The molecule has 1 aromatic carbocycles. The van der Waals surface area contributed by atoms with Crippen LogP contribution >= 0.6 is 0 Å². The number of H-pyrrole nitrogens is 1. The van der Waals surface area contributed by atoms with Gasteiger partial charge in [0.15, 0.2) is 0 Å². The molecule has 166 valence electrons. The van der Waals surface area contributed by atoms with Crippen molar-refractivity contribution in [3.63, 3.8) is 0 Å². The standard InChI is InChI=1S/C28H33N3O/c1-3-13-31-25-16-22(18(2)14-24(25)28(27(31)32)11-4-5-12-28)21-8-6-7-20-17-29-30-26(20)23(21)15-19-9-10-19/h3,14,16-17,19H,1,4-13,15H2,2H3,(H,29,30). The molecule has 1 spiro atoms. The Labute approximate surface area is 190 Å². The van der Waals surface area contributed by atoms with Crippen molar-refractivity contribution in [2.45, 2.75) is 76.5 Å². The summed E-state index contributed by atoms with van der Waals surface area (Å²) in [6.07, 6.45) is 15.3. The molecular formula is C28H33N3O. The fourth-order valence-electron chi connectivity index (χ4n) is 6.53. The second-order valence-electron chi connectivity index (χ2n) is 10.4. The molecular weight excluding hydrogens is 394 g/mol. The fourth-order valence-corrected chi connectivity index (χ4v) is 6.53. The van der Waals surface area contributed by atoms with E-state index in [-0.39, 0.29) is 5.41 Å². The number of aromatic amines is 1. The average molecular weight is 428 g/mol. The zero-order valence-electron chi connectivity index (χ0n) is 19.2. The zero-order valence-corrected chi connectivity index (χ0v) is 19.2. The summed E-state index contributed by atoms with van der Waals surface area (Å²) in [5, 5.41) is 7.84. The number of allylic oxidation sites excluding steroid dienone is 2. The Morgan fingerprint density at radius 3 is 2.78 bits per heavy atom. The predicted molar refractivity (Wildman–Crippen MR) is 130 cm³/mol. The summed E-state index contributed by atoms with van der Waals surface area (Å²) in [6.45, 7) is 6.78. The number of benzene rings is 1. The number of aryl methyl sites for hydroxylation is 2. The van der Waals surface area contributed by atoms with Gasteiger partial charge in [0.2, 0.25) is 5.91 Å². The molecule has 1 N–H and O–H groups in total. The van der Waals surface area contributed by atoms with Gasteiger partial charge in [-0.05, 0) is 104 Å². The van der Waals surface area contributed by atoms with Gasteiger partial charge in [-0.15, -0.1) is 6.58 Å². The summed E-state index contributed by atoms with van der Waals surface area (Å²) in [7, 11) is 0. The van der Waals surface area contributed by atoms with E-state index in [2.05, 4.69) is 36.9 Å². The van der Waals surface area contributed by atoms with Gasteiger partial charge >= 0.3 is 0 Å².